The molecule has 1 heterocycles. The summed E-state index contributed by atoms with van der Waals surface area (Å²) in [5.41, 5.74) is 2.52. The maximum Gasteiger partial charge on any atom is 0.0671 e. The Balaban J connectivity index is 1.85. The molecule has 0 aliphatic rings. The van der Waals surface area contributed by atoms with Gasteiger partial charge in [-0.15, -0.1) is 0 Å². The van der Waals surface area contributed by atoms with Gasteiger partial charge in [-0.2, -0.15) is 5.26 Å². The largest absolute Gasteiger partial charge is 0.361 e. The van der Waals surface area contributed by atoms with E-state index >= 15 is 0 Å². The van der Waals surface area contributed by atoms with Crippen LogP contribution in [0.2, 0.25) is 0 Å². The van der Waals surface area contributed by atoms with Crippen molar-refractivity contribution in [2.45, 2.75) is 20.3 Å². The van der Waals surface area contributed by atoms with E-state index in [2.05, 4.69) is 54.6 Å². The average molecular weight is 255 g/mol. The number of nitriles is 1. The Labute approximate surface area is 114 Å². The summed E-state index contributed by atoms with van der Waals surface area (Å²) in [5.74, 6) is 0.508. The molecule has 1 unspecified atom stereocenters. The Morgan fingerprint density at radius 3 is 2.84 bits per heavy atom. The van der Waals surface area contributed by atoms with E-state index in [-0.39, 0.29) is 5.92 Å². The van der Waals surface area contributed by atoms with Crippen molar-refractivity contribution in [2.24, 2.45) is 11.8 Å². The Bertz CT molecular complexity index is 563. The maximum absolute atomic E-state index is 9.03. The first-order valence-electron chi connectivity index (χ1n) is 6.87. The number of aromatic amines is 1. The minimum Gasteiger partial charge on any atom is -0.361 e. The molecule has 2 rings (SSSR count). The molecule has 1 aromatic heterocycles. The number of nitrogens with one attached hydrogen (secondary N) is 2. The standard InChI is InChI=1S/C16H21N3/c1-12(2)14(9-17)10-18-8-7-13-11-19-16-6-4-3-5-15(13)16/h3-6,11-12,14,18-19H,7-8,10H2,1-2H3. The highest BCUT2D eigenvalue weighted by Crippen LogP contribution is 2.17. The summed E-state index contributed by atoms with van der Waals surface area (Å²) in [5, 5.41) is 13.7. The molecular formula is C16H21N3. The zero-order valence-corrected chi connectivity index (χ0v) is 11.6. The first-order chi connectivity index (χ1) is 9.22. The molecule has 3 nitrogen and oxygen atoms in total. The lowest BCUT2D eigenvalue weighted by atomic mass is 9.97. The quantitative estimate of drug-likeness (QED) is 0.779. The van der Waals surface area contributed by atoms with Gasteiger partial charge in [-0.25, -0.2) is 0 Å². The number of hydrogen-bond acceptors (Lipinski definition) is 2. The molecule has 2 aromatic rings. The van der Waals surface area contributed by atoms with Crippen LogP contribution >= 0.6 is 0 Å². The number of nitrogens with zero attached hydrogens (tertiary/aromatic N) is 1. The van der Waals surface area contributed by atoms with Crippen molar-refractivity contribution in [3.63, 3.8) is 0 Å². The van der Waals surface area contributed by atoms with Crippen LogP contribution in [0.5, 0.6) is 0 Å². The van der Waals surface area contributed by atoms with Gasteiger partial charge in [-0.3, -0.25) is 0 Å². The third-order valence-electron chi connectivity index (χ3n) is 3.58. The second-order valence-electron chi connectivity index (χ2n) is 5.29. The van der Waals surface area contributed by atoms with E-state index in [0.717, 1.165) is 19.5 Å². The van der Waals surface area contributed by atoms with Gasteiger partial charge >= 0.3 is 0 Å². The van der Waals surface area contributed by atoms with Gasteiger partial charge in [0.1, 0.15) is 0 Å². The third kappa shape index (κ3) is 3.36. The minimum absolute atomic E-state index is 0.1000. The van der Waals surface area contributed by atoms with Crippen molar-refractivity contribution in [3.8, 4) is 6.07 Å². The second kappa shape index (κ2) is 6.40. The Hall–Kier alpha value is -1.79. The predicted molar refractivity (Wildman–Crippen MR) is 78.8 cm³/mol. The lowest BCUT2D eigenvalue weighted by molar-refractivity contribution is 0.444. The molecule has 0 saturated heterocycles. The van der Waals surface area contributed by atoms with Crippen LogP contribution in [0.1, 0.15) is 19.4 Å². The van der Waals surface area contributed by atoms with Crippen LogP contribution < -0.4 is 5.32 Å². The number of rotatable bonds is 6. The van der Waals surface area contributed by atoms with Gasteiger partial charge < -0.3 is 10.3 Å². The summed E-state index contributed by atoms with van der Waals surface area (Å²) in [7, 11) is 0. The maximum atomic E-state index is 9.03. The van der Waals surface area contributed by atoms with E-state index in [1.807, 2.05) is 6.07 Å². The molecule has 0 fully saturated rings. The fraction of sp³-hybridized carbons (Fsp3) is 0.438. The zero-order valence-electron chi connectivity index (χ0n) is 11.6. The summed E-state index contributed by atoms with van der Waals surface area (Å²) in [6, 6.07) is 10.7. The number of H-pyrrole nitrogens is 1. The monoisotopic (exact) mass is 255 g/mol. The Morgan fingerprint density at radius 1 is 1.32 bits per heavy atom. The fourth-order valence-electron chi connectivity index (χ4n) is 2.25. The van der Waals surface area contributed by atoms with Crippen molar-refractivity contribution >= 4 is 10.9 Å². The lowest BCUT2D eigenvalue weighted by Gasteiger charge is -2.13. The van der Waals surface area contributed by atoms with Crippen LogP contribution in [0.15, 0.2) is 30.5 Å². The van der Waals surface area contributed by atoms with Crippen LogP contribution in [-0.2, 0) is 6.42 Å². The van der Waals surface area contributed by atoms with Gasteiger partial charge in [0, 0.05) is 23.6 Å². The van der Waals surface area contributed by atoms with Gasteiger partial charge in [0.25, 0.3) is 0 Å². The molecule has 3 heteroatoms. The SMILES string of the molecule is CC(C)C(C#N)CNCCc1c[nH]c2ccccc12. The number of aromatic nitrogens is 1. The van der Waals surface area contributed by atoms with E-state index < -0.39 is 0 Å². The summed E-state index contributed by atoms with van der Waals surface area (Å²) >= 11 is 0. The smallest absolute Gasteiger partial charge is 0.0671 e. The molecule has 2 N–H and O–H groups in total. The van der Waals surface area contributed by atoms with Crippen molar-refractivity contribution in [1.29, 1.82) is 5.26 Å². The summed E-state index contributed by atoms with van der Waals surface area (Å²) < 4.78 is 0. The van der Waals surface area contributed by atoms with Crippen LogP contribution in [0.3, 0.4) is 0 Å². The number of fused-ring (bicyclic) bond motifs is 1. The van der Waals surface area contributed by atoms with Crippen molar-refractivity contribution in [1.82, 2.24) is 10.3 Å². The van der Waals surface area contributed by atoms with E-state index in [4.69, 9.17) is 5.26 Å². The molecular weight excluding hydrogens is 234 g/mol. The lowest BCUT2D eigenvalue weighted by Crippen LogP contribution is -2.26. The molecule has 0 spiro atoms. The normalized spacial score (nSPS) is 12.7. The molecule has 0 aliphatic carbocycles. The van der Waals surface area contributed by atoms with E-state index in [0.29, 0.717) is 5.92 Å². The van der Waals surface area contributed by atoms with Crippen LogP contribution in [-0.4, -0.2) is 18.1 Å². The van der Waals surface area contributed by atoms with Crippen LogP contribution in [0.4, 0.5) is 0 Å². The first-order valence-corrected chi connectivity index (χ1v) is 6.87. The van der Waals surface area contributed by atoms with Crippen LogP contribution in [0, 0.1) is 23.2 Å². The highest BCUT2D eigenvalue weighted by molar-refractivity contribution is 5.83. The number of benzene rings is 1. The molecule has 0 aliphatic heterocycles. The number of hydrogen-bond donors (Lipinski definition) is 2. The first kappa shape index (κ1) is 13.6. The highest BCUT2D eigenvalue weighted by Gasteiger charge is 2.11. The van der Waals surface area contributed by atoms with Crippen molar-refractivity contribution in [3.05, 3.63) is 36.0 Å². The zero-order chi connectivity index (χ0) is 13.7. The molecule has 1 aromatic carbocycles. The minimum atomic E-state index is 0.1000. The summed E-state index contributed by atoms with van der Waals surface area (Å²) in [6.45, 7) is 5.87. The number of para-hydroxylation sites is 1. The van der Waals surface area contributed by atoms with E-state index in [1.54, 1.807) is 0 Å². The molecule has 0 amide bonds. The molecule has 0 bridgehead atoms. The van der Waals surface area contributed by atoms with Gasteiger partial charge in [-0.1, -0.05) is 32.0 Å². The van der Waals surface area contributed by atoms with Gasteiger partial charge in [0.15, 0.2) is 0 Å². The fourth-order valence-corrected chi connectivity index (χ4v) is 2.25. The predicted octanol–water partition coefficient (Wildman–Crippen LogP) is 3.10. The van der Waals surface area contributed by atoms with E-state index in [9.17, 15) is 0 Å². The summed E-state index contributed by atoms with van der Waals surface area (Å²) in [4.78, 5) is 3.29. The topological polar surface area (TPSA) is 51.6 Å². The molecule has 19 heavy (non-hydrogen) atoms. The molecule has 1 atom stereocenters. The molecule has 0 saturated carbocycles. The summed E-state index contributed by atoms with van der Waals surface area (Å²) in [6.07, 6.45) is 3.07. The van der Waals surface area contributed by atoms with Crippen LogP contribution in [0.25, 0.3) is 10.9 Å². The van der Waals surface area contributed by atoms with Crippen molar-refractivity contribution in [2.75, 3.05) is 13.1 Å². The molecule has 100 valence electrons. The van der Waals surface area contributed by atoms with E-state index in [1.165, 1.54) is 16.5 Å². The highest BCUT2D eigenvalue weighted by atomic mass is 14.9. The van der Waals surface area contributed by atoms with Gasteiger partial charge in [-0.05, 0) is 30.5 Å². The Kier molecular flexibility index (Phi) is 4.59. The average Bonchev–Trinajstić information content (AvgIpc) is 2.82. The van der Waals surface area contributed by atoms with Gasteiger partial charge in [0.2, 0.25) is 0 Å². The third-order valence-corrected chi connectivity index (χ3v) is 3.58. The van der Waals surface area contributed by atoms with Gasteiger partial charge in [0.05, 0.1) is 12.0 Å². The Morgan fingerprint density at radius 2 is 2.11 bits per heavy atom. The van der Waals surface area contributed by atoms with Crippen molar-refractivity contribution < 1.29 is 0 Å². The second-order valence-corrected chi connectivity index (χ2v) is 5.29. The molecule has 0 radical (unpaired) electrons.